The number of hydrogen-bond acceptors (Lipinski definition) is 3. The summed E-state index contributed by atoms with van der Waals surface area (Å²) >= 11 is 0. The van der Waals surface area contributed by atoms with Crippen LogP contribution in [0.5, 0.6) is 5.75 Å². The van der Waals surface area contributed by atoms with Gasteiger partial charge in [0, 0.05) is 0 Å². The number of benzene rings is 2. The zero-order valence-electron chi connectivity index (χ0n) is 9.61. The maximum Gasteiger partial charge on any atom is 0.198 e. The molecule has 3 rings (SSSR count). The Kier molecular flexibility index (Phi) is 2.61. The lowest BCUT2D eigenvalue weighted by molar-refractivity contribution is 0.0951. The van der Waals surface area contributed by atoms with Crippen LogP contribution < -0.4 is 0 Å². The van der Waals surface area contributed by atoms with E-state index < -0.39 is 6.10 Å². The van der Waals surface area contributed by atoms with Gasteiger partial charge < -0.3 is 9.84 Å². The van der Waals surface area contributed by atoms with E-state index in [0.29, 0.717) is 5.56 Å². The van der Waals surface area contributed by atoms with Crippen LogP contribution in [0.4, 0.5) is 0 Å². The molecule has 2 aromatic carbocycles. The van der Waals surface area contributed by atoms with Gasteiger partial charge in [-0.05, 0) is 17.7 Å². The summed E-state index contributed by atoms with van der Waals surface area (Å²) in [6.45, 7) is 0. The first kappa shape index (κ1) is 11.0. The molecule has 18 heavy (non-hydrogen) atoms. The molecule has 1 heterocycles. The van der Waals surface area contributed by atoms with Gasteiger partial charge in [-0.3, -0.25) is 4.79 Å². The average molecular weight is 240 g/mol. The number of carbonyl (C=O) groups is 1. The van der Waals surface area contributed by atoms with Crippen LogP contribution in [0.25, 0.3) is 0 Å². The molecule has 1 aliphatic heterocycles. The molecule has 1 fully saturated rings. The zero-order chi connectivity index (χ0) is 12.5. The fourth-order valence-corrected chi connectivity index (χ4v) is 2.04. The summed E-state index contributed by atoms with van der Waals surface area (Å²) in [6.07, 6.45) is -0.654. The summed E-state index contributed by atoms with van der Waals surface area (Å²) in [5.41, 5.74) is 1.31. The summed E-state index contributed by atoms with van der Waals surface area (Å²) in [5.74, 6) is -0.160. The van der Waals surface area contributed by atoms with E-state index in [-0.39, 0.29) is 17.6 Å². The monoisotopic (exact) mass is 240 g/mol. The highest BCUT2D eigenvalue weighted by Gasteiger charge is 2.46. The minimum Gasteiger partial charge on any atom is -0.507 e. The second-order valence-electron chi connectivity index (χ2n) is 4.27. The van der Waals surface area contributed by atoms with Gasteiger partial charge in [0.15, 0.2) is 11.9 Å². The molecule has 1 N–H and O–H groups in total. The van der Waals surface area contributed by atoms with E-state index in [1.54, 1.807) is 18.2 Å². The first-order valence-corrected chi connectivity index (χ1v) is 5.80. The van der Waals surface area contributed by atoms with Gasteiger partial charge in [0.1, 0.15) is 11.9 Å². The van der Waals surface area contributed by atoms with Crippen molar-refractivity contribution < 1.29 is 14.6 Å². The van der Waals surface area contributed by atoms with Crippen molar-refractivity contribution in [2.24, 2.45) is 0 Å². The van der Waals surface area contributed by atoms with Crippen LogP contribution in [0, 0.1) is 0 Å². The van der Waals surface area contributed by atoms with Gasteiger partial charge in [0.25, 0.3) is 0 Å². The minimum atomic E-state index is -0.472. The summed E-state index contributed by atoms with van der Waals surface area (Å²) in [6, 6.07) is 16.2. The number of rotatable bonds is 3. The molecular formula is C15H12O3. The van der Waals surface area contributed by atoms with Gasteiger partial charge in [0.2, 0.25) is 0 Å². The van der Waals surface area contributed by atoms with E-state index in [0.717, 1.165) is 5.56 Å². The summed E-state index contributed by atoms with van der Waals surface area (Å²) < 4.78 is 5.41. The van der Waals surface area contributed by atoms with Crippen LogP contribution in [0.1, 0.15) is 22.0 Å². The number of aromatic hydroxyl groups is 1. The number of Topliss-reactive ketones (excluding diaryl/α,β-unsaturated/α-hetero) is 1. The Labute approximate surface area is 105 Å². The highest BCUT2D eigenvalue weighted by atomic mass is 16.6. The van der Waals surface area contributed by atoms with Gasteiger partial charge in [-0.25, -0.2) is 0 Å². The molecule has 0 spiro atoms. The minimum absolute atomic E-state index is 0.00446. The lowest BCUT2D eigenvalue weighted by Gasteiger charge is -2.00. The van der Waals surface area contributed by atoms with Crippen molar-refractivity contribution in [3.63, 3.8) is 0 Å². The van der Waals surface area contributed by atoms with Crippen LogP contribution in [0.2, 0.25) is 0 Å². The predicted molar refractivity (Wildman–Crippen MR) is 66.5 cm³/mol. The topological polar surface area (TPSA) is 49.8 Å². The Morgan fingerprint density at radius 1 is 1.00 bits per heavy atom. The van der Waals surface area contributed by atoms with E-state index in [1.165, 1.54) is 6.07 Å². The molecule has 0 aromatic heterocycles. The molecule has 0 bridgehead atoms. The van der Waals surface area contributed by atoms with Crippen molar-refractivity contribution in [3.8, 4) is 5.75 Å². The third-order valence-electron chi connectivity index (χ3n) is 3.05. The van der Waals surface area contributed by atoms with E-state index in [1.807, 2.05) is 30.3 Å². The first-order chi connectivity index (χ1) is 8.77. The van der Waals surface area contributed by atoms with Crippen molar-refractivity contribution in [2.75, 3.05) is 0 Å². The quantitative estimate of drug-likeness (QED) is 0.663. The Bertz CT molecular complexity index is 577. The van der Waals surface area contributed by atoms with Crippen molar-refractivity contribution in [1.29, 1.82) is 0 Å². The second-order valence-corrected chi connectivity index (χ2v) is 4.27. The highest BCUT2D eigenvalue weighted by molar-refractivity contribution is 6.03. The fraction of sp³-hybridized carbons (Fsp3) is 0.133. The average Bonchev–Trinajstić information content (AvgIpc) is 3.20. The van der Waals surface area contributed by atoms with Crippen molar-refractivity contribution >= 4 is 5.78 Å². The lowest BCUT2D eigenvalue weighted by Crippen LogP contribution is -2.08. The van der Waals surface area contributed by atoms with Crippen molar-refractivity contribution in [3.05, 3.63) is 65.7 Å². The number of phenols is 1. The Morgan fingerprint density at radius 2 is 1.67 bits per heavy atom. The van der Waals surface area contributed by atoms with Gasteiger partial charge in [-0.2, -0.15) is 0 Å². The lowest BCUT2D eigenvalue weighted by atomic mass is 10.0. The molecule has 0 aliphatic carbocycles. The van der Waals surface area contributed by atoms with Crippen LogP contribution >= 0.6 is 0 Å². The Morgan fingerprint density at radius 3 is 2.39 bits per heavy atom. The molecule has 0 amide bonds. The molecule has 90 valence electrons. The first-order valence-electron chi connectivity index (χ1n) is 5.80. The number of ketones is 1. The van der Waals surface area contributed by atoms with Gasteiger partial charge in [-0.15, -0.1) is 0 Å². The fourth-order valence-electron chi connectivity index (χ4n) is 2.04. The third kappa shape index (κ3) is 1.89. The van der Waals surface area contributed by atoms with Crippen LogP contribution in [-0.2, 0) is 4.74 Å². The smallest absolute Gasteiger partial charge is 0.198 e. The van der Waals surface area contributed by atoms with E-state index in [4.69, 9.17) is 4.74 Å². The number of para-hydroxylation sites is 1. The molecular weight excluding hydrogens is 228 g/mol. The summed E-state index contributed by atoms with van der Waals surface area (Å²) in [4.78, 5) is 12.1. The highest BCUT2D eigenvalue weighted by Crippen LogP contribution is 2.41. The molecule has 3 heteroatoms. The SMILES string of the molecule is O=C(c1ccccc1O)[C@@H]1O[C@@H]1c1ccccc1. The van der Waals surface area contributed by atoms with Crippen molar-refractivity contribution in [1.82, 2.24) is 0 Å². The number of carbonyl (C=O) groups excluding carboxylic acids is 1. The third-order valence-corrected chi connectivity index (χ3v) is 3.05. The van der Waals surface area contributed by atoms with E-state index in [2.05, 4.69) is 0 Å². The molecule has 0 radical (unpaired) electrons. The van der Waals surface area contributed by atoms with Crippen LogP contribution in [0.3, 0.4) is 0 Å². The largest absolute Gasteiger partial charge is 0.507 e. The van der Waals surface area contributed by atoms with Crippen molar-refractivity contribution in [2.45, 2.75) is 12.2 Å². The Balaban J connectivity index is 1.80. The predicted octanol–water partition coefficient (Wildman–Crippen LogP) is 2.72. The number of hydrogen-bond donors (Lipinski definition) is 1. The standard InChI is InChI=1S/C15H12O3/c16-12-9-5-4-8-11(12)13(17)15-14(18-15)10-6-2-1-3-7-10/h1-9,14-16H/t14-,15+/m1/s1. The molecule has 0 unspecified atom stereocenters. The van der Waals surface area contributed by atoms with Crippen LogP contribution in [0.15, 0.2) is 54.6 Å². The van der Waals surface area contributed by atoms with Gasteiger partial charge >= 0.3 is 0 Å². The molecule has 1 saturated heterocycles. The van der Waals surface area contributed by atoms with E-state index >= 15 is 0 Å². The molecule has 2 atom stereocenters. The zero-order valence-corrected chi connectivity index (χ0v) is 9.61. The van der Waals surface area contributed by atoms with Gasteiger partial charge in [0.05, 0.1) is 5.56 Å². The number of epoxide rings is 1. The number of phenolic OH excluding ortho intramolecular Hbond substituents is 1. The summed E-state index contributed by atoms with van der Waals surface area (Å²) in [5, 5.41) is 9.64. The van der Waals surface area contributed by atoms with E-state index in [9.17, 15) is 9.90 Å². The maximum atomic E-state index is 12.1. The normalized spacial score (nSPS) is 21.6. The molecule has 3 nitrogen and oxygen atoms in total. The molecule has 0 saturated carbocycles. The van der Waals surface area contributed by atoms with Crippen LogP contribution in [-0.4, -0.2) is 17.0 Å². The maximum absolute atomic E-state index is 12.1. The molecule has 2 aromatic rings. The molecule has 1 aliphatic rings. The number of ether oxygens (including phenoxy) is 1. The Hall–Kier alpha value is -2.13. The summed E-state index contributed by atoms with van der Waals surface area (Å²) in [7, 11) is 0. The van der Waals surface area contributed by atoms with Gasteiger partial charge in [-0.1, -0.05) is 42.5 Å². The second kappa shape index (κ2) is 4.27.